The van der Waals surface area contributed by atoms with Gasteiger partial charge in [-0.3, -0.25) is 9.80 Å². The number of fused-ring (bicyclic) bond motifs is 4. The first-order valence-corrected chi connectivity index (χ1v) is 13.7. The number of carbonyl (C=O) groups is 1. The fraction of sp³-hybridized carbons (Fsp3) is 0.577. The van der Waals surface area contributed by atoms with Crippen LogP contribution in [-0.2, 0) is 4.74 Å². The highest BCUT2D eigenvalue weighted by molar-refractivity contribution is 9.10. The van der Waals surface area contributed by atoms with E-state index in [1.165, 1.54) is 4.90 Å². The van der Waals surface area contributed by atoms with Crippen molar-refractivity contribution in [2.75, 3.05) is 51.4 Å². The van der Waals surface area contributed by atoms with Gasteiger partial charge in [0.05, 0.1) is 34.5 Å². The van der Waals surface area contributed by atoms with Gasteiger partial charge in [0, 0.05) is 32.1 Å². The zero-order chi connectivity index (χ0) is 26.7. The molecular formula is C26H30BrF2N5O4. The van der Waals surface area contributed by atoms with Crippen LogP contribution in [0.15, 0.2) is 28.5 Å². The van der Waals surface area contributed by atoms with E-state index in [4.69, 9.17) is 14.5 Å². The lowest BCUT2D eigenvalue weighted by atomic mass is 9.94. The predicted octanol–water partition coefficient (Wildman–Crippen LogP) is 4.35. The molecule has 4 fully saturated rings. The minimum absolute atomic E-state index is 0.0530. The fourth-order valence-electron chi connectivity index (χ4n) is 7.11. The van der Waals surface area contributed by atoms with Crippen molar-refractivity contribution in [1.29, 1.82) is 0 Å². The van der Waals surface area contributed by atoms with Crippen LogP contribution in [0.5, 0.6) is 6.01 Å². The van der Waals surface area contributed by atoms with Crippen molar-refractivity contribution < 1.29 is 28.2 Å². The molecule has 1 unspecified atom stereocenters. The van der Waals surface area contributed by atoms with Crippen molar-refractivity contribution in [3.8, 4) is 6.01 Å². The van der Waals surface area contributed by atoms with Gasteiger partial charge in [0.2, 0.25) is 0 Å². The van der Waals surface area contributed by atoms with Crippen LogP contribution in [0, 0.1) is 5.82 Å². The minimum atomic E-state index is -0.964. The van der Waals surface area contributed by atoms with Crippen LogP contribution in [0.3, 0.4) is 0 Å². The van der Waals surface area contributed by atoms with Gasteiger partial charge in [0.25, 0.3) is 0 Å². The number of benzene rings is 1. The number of carboxylic acid groups (broad SMARTS) is 1. The van der Waals surface area contributed by atoms with Gasteiger partial charge in [-0.15, -0.1) is 0 Å². The molecular weight excluding hydrogens is 564 g/mol. The third-order valence-corrected chi connectivity index (χ3v) is 9.30. The highest BCUT2D eigenvalue weighted by Crippen LogP contribution is 2.44. The Morgan fingerprint density at radius 2 is 2.13 bits per heavy atom. The number of ether oxygens (including phenoxy) is 2. The lowest BCUT2D eigenvalue weighted by Crippen LogP contribution is -2.65. The topological polar surface area (TPSA) is 91.3 Å². The van der Waals surface area contributed by atoms with Crippen LogP contribution < -0.4 is 9.64 Å². The van der Waals surface area contributed by atoms with E-state index in [1.54, 1.807) is 19.2 Å². The summed E-state index contributed by atoms with van der Waals surface area (Å²) in [6, 6.07) is 3.21. The normalized spacial score (nSPS) is 30.0. The molecule has 9 nitrogen and oxygen atoms in total. The zero-order valence-electron chi connectivity index (χ0n) is 21.1. The van der Waals surface area contributed by atoms with Crippen LogP contribution in [0.25, 0.3) is 10.9 Å². The Bertz CT molecular complexity index is 1310. The molecule has 3 atom stereocenters. The van der Waals surface area contributed by atoms with Crippen LogP contribution in [0.4, 0.5) is 19.4 Å². The van der Waals surface area contributed by atoms with Crippen molar-refractivity contribution in [1.82, 2.24) is 19.8 Å². The summed E-state index contributed by atoms with van der Waals surface area (Å²) in [4.78, 5) is 27.1. The Labute approximate surface area is 227 Å². The first-order valence-electron chi connectivity index (χ1n) is 12.9. The van der Waals surface area contributed by atoms with Crippen LogP contribution in [0.2, 0.25) is 0 Å². The van der Waals surface area contributed by atoms with E-state index >= 15 is 4.39 Å². The Kier molecular flexibility index (Phi) is 6.47. The monoisotopic (exact) mass is 593 g/mol. The number of methoxy groups -OCH3 is 1. The van der Waals surface area contributed by atoms with Gasteiger partial charge in [0.15, 0.2) is 5.82 Å². The maximum atomic E-state index is 15.3. The number of hydrogen-bond acceptors (Lipinski definition) is 7. The Morgan fingerprint density at radius 1 is 1.29 bits per heavy atom. The van der Waals surface area contributed by atoms with Gasteiger partial charge in [-0.2, -0.15) is 9.97 Å². The maximum absolute atomic E-state index is 15.3. The van der Waals surface area contributed by atoms with Crippen molar-refractivity contribution in [2.45, 2.75) is 49.2 Å². The molecule has 6 rings (SSSR count). The summed E-state index contributed by atoms with van der Waals surface area (Å²) < 4.78 is 40.6. The Morgan fingerprint density at radius 3 is 2.89 bits per heavy atom. The van der Waals surface area contributed by atoms with E-state index in [0.717, 1.165) is 25.0 Å². The number of hydrogen-bond donors (Lipinski definition) is 1. The van der Waals surface area contributed by atoms with Crippen molar-refractivity contribution in [2.24, 2.45) is 0 Å². The summed E-state index contributed by atoms with van der Waals surface area (Å²) >= 11 is 3.26. The van der Waals surface area contributed by atoms with Gasteiger partial charge in [-0.05, 0) is 72.3 Å². The second-order valence-electron chi connectivity index (χ2n) is 11.0. The molecule has 12 heteroatoms. The second kappa shape index (κ2) is 9.56. The first kappa shape index (κ1) is 25.7. The average molecular weight is 594 g/mol. The van der Waals surface area contributed by atoms with Crippen LogP contribution >= 0.6 is 15.9 Å². The highest BCUT2D eigenvalue weighted by atomic mass is 79.9. The molecule has 2 bridgehead atoms. The van der Waals surface area contributed by atoms with E-state index in [2.05, 4.69) is 25.8 Å². The van der Waals surface area contributed by atoms with E-state index in [0.29, 0.717) is 56.4 Å². The first-order chi connectivity index (χ1) is 18.3. The molecule has 4 aliphatic heterocycles. The summed E-state index contributed by atoms with van der Waals surface area (Å²) in [5.41, 5.74) is -0.165. The maximum Gasteiger partial charge on any atom is 0.408 e. The molecule has 2 aromatic rings. The summed E-state index contributed by atoms with van der Waals surface area (Å²) in [5, 5.41) is 10.5. The van der Waals surface area contributed by atoms with E-state index < -0.39 is 17.4 Å². The number of piperazine rings is 1. The Hall–Kier alpha value is -2.57. The molecule has 1 aromatic heterocycles. The van der Waals surface area contributed by atoms with Gasteiger partial charge < -0.3 is 19.5 Å². The number of rotatable bonds is 6. The number of amides is 1. The average Bonchev–Trinajstić information content (AvgIpc) is 3.52. The summed E-state index contributed by atoms with van der Waals surface area (Å²) in [6.07, 6.45) is 3.58. The van der Waals surface area contributed by atoms with E-state index in [1.807, 2.05) is 4.90 Å². The summed E-state index contributed by atoms with van der Waals surface area (Å²) in [6.45, 7) is 2.76. The lowest BCUT2D eigenvalue weighted by molar-refractivity contribution is 0.0178. The van der Waals surface area contributed by atoms with Crippen LogP contribution in [-0.4, -0.2) is 94.6 Å². The molecule has 0 radical (unpaired) electrons. The largest absolute Gasteiger partial charge is 0.465 e. The standard InChI is InChI=1S/C26H30BrF2N5O4/c1-37-14-26-7-5-17(34(26)24(35)36)12-32(13-26)22-18-3-4-19(27)20(29)21(18)30-23(31-22)38-15-25-6-2-8-33(25)11-16(9-25)10-28/h3-4,10,17H,2,5-9,11-15H2,1H3,(H,35,36)/b16-10+/t17-,25?,26+/m0/s1. The molecule has 204 valence electrons. The number of aromatic nitrogens is 2. The molecule has 38 heavy (non-hydrogen) atoms. The number of nitrogens with zero attached hydrogens (tertiary/aromatic N) is 5. The summed E-state index contributed by atoms with van der Waals surface area (Å²) in [7, 11) is 1.57. The number of halogens is 3. The van der Waals surface area contributed by atoms with Crippen molar-refractivity contribution in [3.63, 3.8) is 0 Å². The van der Waals surface area contributed by atoms with Crippen LogP contribution in [0.1, 0.15) is 32.1 Å². The molecule has 5 heterocycles. The minimum Gasteiger partial charge on any atom is -0.465 e. The zero-order valence-corrected chi connectivity index (χ0v) is 22.7. The third kappa shape index (κ3) is 4.03. The molecule has 4 aliphatic rings. The van der Waals surface area contributed by atoms with Crippen molar-refractivity contribution in [3.05, 3.63) is 34.3 Å². The molecule has 0 saturated carbocycles. The second-order valence-corrected chi connectivity index (χ2v) is 11.8. The van der Waals surface area contributed by atoms with Gasteiger partial charge in [0.1, 0.15) is 17.9 Å². The predicted molar refractivity (Wildman–Crippen MR) is 140 cm³/mol. The van der Waals surface area contributed by atoms with Crippen molar-refractivity contribution >= 4 is 38.7 Å². The van der Waals surface area contributed by atoms with Gasteiger partial charge >= 0.3 is 12.1 Å². The Balaban J connectivity index is 1.37. The highest BCUT2D eigenvalue weighted by Gasteiger charge is 2.54. The molecule has 1 aromatic carbocycles. The van der Waals surface area contributed by atoms with E-state index in [-0.39, 0.29) is 40.8 Å². The molecule has 1 amide bonds. The molecule has 0 spiro atoms. The smallest absolute Gasteiger partial charge is 0.408 e. The molecule has 0 aliphatic carbocycles. The quantitative estimate of drug-likeness (QED) is 0.528. The molecule has 4 saturated heterocycles. The SMILES string of the molecule is COC[C@@]12CC[C@@H](CN(c3nc(OCC45CCCN4C/C(=C/F)C5)nc4c(F)c(Br)ccc34)C1)N2C(=O)O. The van der Waals surface area contributed by atoms with Gasteiger partial charge in [-0.25, -0.2) is 13.6 Å². The third-order valence-electron chi connectivity index (χ3n) is 8.69. The van der Waals surface area contributed by atoms with Gasteiger partial charge in [-0.1, -0.05) is 0 Å². The van der Waals surface area contributed by atoms with E-state index in [9.17, 15) is 14.3 Å². The summed E-state index contributed by atoms with van der Waals surface area (Å²) in [5.74, 6) is -0.00993. The molecule has 1 N–H and O–H groups in total. The number of anilines is 1. The fourth-order valence-corrected chi connectivity index (χ4v) is 7.43. The lowest BCUT2D eigenvalue weighted by Gasteiger charge is -2.47.